The van der Waals surface area contributed by atoms with E-state index in [1.807, 2.05) is 6.92 Å². The molecule has 1 aromatic carbocycles. The summed E-state index contributed by atoms with van der Waals surface area (Å²) in [4.78, 5) is 40.0. The lowest BCUT2D eigenvalue weighted by atomic mass is 10.1. The first-order chi connectivity index (χ1) is 18.1. The summed E-state index contributed by atoms with van der Waals surface area (Å²) in [6, 6.07) is 5.10. The van der Waals surface area contributed by atoms with Crippen molar-refractivity contribution < 1.29 is 37.1 Å². The van der Waals surface area contributed by atoms with Crippen LogP contribution in [-0.2, 0) is 19.2 Å². The molecule has 0 saturated carbocycles. The molecule has 1 unspecified atom stereocenters. The molecule has 0 radical (unpaired) electrons. The van der Waals surface area contributed by atoms with Crippen LogP contribution in [-0.4, -0.2) is 73.7 Å². The first-order valence-electron chi connectivity index (χ1n) is 12.8. The molecule has 0 spiro atoms. The first kappa shape index (κ1) is 27.8. The average Bonchev–Trinajstić information content (AvgIpc) is 3.18. The van der Waals surface area contributed by atoms with Crippen LogP contribution in [0.2, 0.25) is 0 Å². The number of quaternary nitrogens is 1. The van der Waals surface area contributed by atoms with Gasteiger partial charge >= 0.3 is 12.1 Å². The molecule has 2 aromatic rings. The molecule has 1 amide bonds. The van der Waals surface area contributed by atoms with Crippen molar-refractivity contribution in [2.45, 2.75) is 51.6 Å². The van der Waals surface area contributed by atoms with E-state index in [2.05, 4.69) is 9.98 Å². The average molecular weight is 538 g/mol. The van der Waals surface area contributed by atoms with Crippen LogP contribution in [0.15, 0.2) is 29.4 Å². The van der Waals surface area contributed by atoms with E-state index >= 15 is 0 Å². The van der Waals surface area contributed by atoms with Crippen LogP contribution in [0.25, 0.3) is 10.9 Å². The standard InChI is InChI=1S/C26H32F3N4O5/c1-3-4-7-22-31-21-17-30-20-10-9-18(37-13-6-5-8-23(34)32-11-14-36-15-12-32)16-19(20)24(21)33(22,2)38-25(35)26(27,28)29/h9-10,16-17H,3-8,11-15H2,1-2H3/q+1. The number of fused-ring (bicyclic) bond motifs is 3. The van der Waals surface area contributed by atoms with Crippen molar-refractivity contribution in [1.29, 1.82) is 0 Å². The number of ether oxygens (including phenoxy) is 2. The van der Waals surface area contributed by atoms with E-state index in [9.17, 15) is 22.8 Å². The normalized spacial score (nSPS) is 19.3. The van der Waals surface area contributed by atoms with E-state index in [1.54, 1.807) is 23.1 Å². The van der Waals surface area contributed by atoms with Crippen LogP contribution in [0.3, 0.4) is 0 Å². The highest BCUT2D eigenvalue weighted by atomic mass is 19.4. The number of aliphatic imine (C=N–C) groups is 1. The lowest BCUT2D eigenvalue weighted by molar-refractivity contribution is -0.220. The van der Waals surface area contributed by atoms with Gasteiger partial charge in [-0.2, -0.15) is 18.2 Å². The van der Waals surface area contributed by atoms with Gasteiger partial charge in [0.15, 0.2) is 5.69 Å². The molecule has 1 saturated heterocycles. The molecular formula is C26H32F3N4O5+. The van der Waals surface area contributed by atoms with Gasteiger partial charge in [0.25, 0.3) is 5.84 Å². The summed E-state index contributed by atoms with van der Waals surface area (Å²) >= 11 is 0. The lowest BCUT2D eigenvalue weighted by Gasteiger charge is -2.27. The number of hydroxylamine groups is 2. The number of rotatable bonds is 10. The maximum atomic E-state index is 13.2. The fourth-order valence-electron chi connectivity index (χ4n) is 4.59. The monoisotopic (exact) mass is 537 g/mol. The summed E-state index contributed by atoms with van der Waals surface area (Å²) in [5.74, 6) is -1.40. The van der Waals surface area contributed by atoms with Gasteiger partial charge in [0.2, 0.25) is 11.6 Å². The number of pyridine rings is 1. The minimum Gasteiger partial charge on any atom is -0.494 e. The van der Waals surface area contributed by atoms with Gasteiger partial charge in [-0.05, 0) is 37.5 Å². The highest BCUT2D eigenvalue weighted by Crippen LogP contribution is 2.46. The summed E-state index contributed by atoms with van der Waals surface area (Å²) in [5, 5.41) is 0.482. The van der Waals surface area contributed by atoms with Gasteiger partial charge in [-0.3, -0.25) is 14.6 Å². The van der Waals surface area contributed by atoms with Crippen molar-refractivity contribution >= 4 is 40.0 Å². The van der Waals surface area contributed by atoms with Crippen LogP contribution in [0.5, 0.6) is 5.75 Å². The second-order valence-electron chi connectivity index (χ2n) is 9.40. The number of benzene rings is 1. The molecule has 2 aliphatic rings. The van der Waals surface area contributed by atoms with Crippen molar-refractivity contribution in [3.8, 4) is 5.75 Å². The van der Waals surface area contributed by atoms with Gasteiger partial charge in [0, 0.05) is 25.9 Å². The molecule has 1 aromatic heterocycles. The summed E-state index contributed by atoms with van der Waals surface area (Å²) in [7, 11) is 1.39. The molecule has 206 valence electrons. The van der Waals surface area contributed by atoms with E-state index in [-0.39, 0.29) is 5.91 Å². The molecule has 0 N–H and O–H groups in total. The number of carbonyl (C=O) groups is 2. The van der Waals surface area contributed by atoms with Gasteiger partial charge in [0.05, 0.1) is 36.9 Å². The van der Waals surface area contributed by atoms with Crippen LogP contribution < -0.4 is 9.38 Å². The molecule has 2 aliphatic heterocycles. The number of morpholine rings is 1. The summed E-state index contributed by atoms with van der Waals surface area (Å²) in [5.41, 5.74) is 1.16. The predicted octanol–water partition coefficient (Wildman–Crippen LogP) is 4.83. The van der Waals surface area contributed by atoms with Crippen LogP contribution in [0.1, 0.15) is 45.4 Å². The van der Waals surface area contributed by atoms with Crippen molar-refractivity contribution in [2.24, 2.45) is 4.99 Å². The number of nitrogens with zero attached hydrogens (tertiary/aromatic N) is 4. The van der Waals surface area contributed by atoms with Crippen molar-refractivity contribution in [3.05, 3.63) is 24.4 Å². The van der Waals surface area contributed by atoms with Gasteiger partial charge in [-0.15, -0.1) is 0 Å². The smallest absolute Gasteiger partial charge is 0.494 e. The van der Waals surface area contributed by atoms with E-state index in [1.165, 1.54) is 13.2 Å². The van der Waals surface area contributed by atoms with Gasteiger partial charge in [-0.1, -0.05) is 18.0 Å². The van der Waals surface area contributed by atoms with Crippen LogP contribution >= 0.6 is 0 Å². The molecule has 0 aliphatic carbocycles. The Kier molecular flexibility index (Phi) is 8.51. The topological polar surface area (TPSA) is 90.3 Å². The number of aromatic nitrogens is 1. The number of carbonyl (C=O) groups excluding carboxylic acids is 2. The van der Waals surface area contributed by atoms with E-state index in [0.29, 0.717) is 98.9 Å². The lowest BCUT2D eigenvalue weighted by Crippen LogP contribution is -2.52. The van der Waals surface area contributed by atoms with Crippen molar-refractivity contribution in [2.75, 3.05) is 40.0 Å². The van der Waals surface area contributed by atoms with Gasteiger partial charge in [-0.25, -0.2) is 4.79 Å². The van der Waals surface area contributed by atoms with Crippen LogP contribution in [0.4, 0.5) is 24.5 Å². The molecule has 12 heteroatoms. The summed E-state index contributed by atoms with van der Waals surface area (Å²) < 4.78 is 49.9. The SMILES string of the molecule is CCCCC1=Nc2cnc3ccc(OCCCCC(=O)N4CCOCC4)cc3c2[N+]1(C)OC(=O)C(F)(F)F. The maximum absolute atomic E-state index is 13.2. The first-order valence-corrected chi connectivity index (χ1v) is 12.8. The number of amides is 1. The third-order valence-electron chi connectivity index (χ3n) is 6.63. The number of halogens is 3. The van der Waals surface area contributed by atoms with Crippen molar-refractivity contribution in [3.63, 3.8) is 0 Å². The Labute approximate surface area is 218 Å². The third kappa shape index (κ3) is 6.07. The number of amidine groups is 1. The zero-order valence-corrected chi connectivity index (χ0v) is 21.6. The highest BCUT2D eigenvalue weighted by Gasteiger charge is 2.53. The Morgan fingerprint density at radius 2 is 1.92 bits per heavy atom. The molecule has 1 atom stereocenters. The summed E-state index contributed by atoms with van der Waals surface area (Å²) in [6.45, 7) is 4.67. The van der Waals surface area contributed by atoms with E-state index in [0.717, 1.165) is 6.42 Å². The molecular weight excluding hydrogens is 505 g/mol. The maximum Gasteiger partial charge on any atom is 0.497 e. The zero-order chi connectivity index (χ0) is 27.3. The van der Waals surface area contributed by atoms with E-state index in [4.69, 9.17) is 14.3 Å². The van der Waals surface area contributed by atoms with E-state index < -0.39 is 16.8 Å². The molecule has 4 rings (SSSR count). The highest BCUT2D eigenvalue weighted by molar-refractivity contribution is 6.10. The molecule has 3 heterocycles. The van der Waals surface area contributed by atoms with Gasteiger partial charge in [0.1, 0.15) is 12.8 Å². The fraction of sp³-hybridized carbons (Fsp3) is 0.538. The molecule has 0 bridgehead atoms. The Morgan fingerprint density at radius 1 is 1.16 bits per heavy atom. The minimum atomic E-state index is -5.15. The molecule has 1 fully saturated rings. The van der Waals surface area contributed by atoms with Crippen LogP contribution in [0, 0.1) is 0 Å². The number of hydrogen-bond acceptors (Lipinski definition) is 7. The molecule has 38 heavy (non-hydrogen) atoms. The second kappa shape index (κ2) is 11.6. The Morgan fingerprint density at radius 3 is 2.63 bits per heavy atom. The minimum absolute atomic E-state index is 0.102. The third-order valence-corrected chi connectivity index (χ3v) is 6.63. The second-order valence-corrected chi connectivity index (χ2v) is 9.40. The Hall–Kier alpha value is -3.25. The Bertz CT molecular complexity index is 1210. The fourth-order valence-corrected chi connectivity index (χ4v) is 4.59. The van der Waals surface area contributed by atoms with Gasteiger partial charge < -0.3 is 14.4 Å². The number of hydrogen-bond donors (Lipinski definition) is 0. The number of alkyl halides is 3. The summed E-state index contributed by atoms with van der Waals surface area (Å²) in [6.07, 6.45) is -0.126. The Balaban J connectivity index is 1.49. The zero-order valence-electron chi connectivity index (χ0n) is 21.6. The predicted molar refractivity (Wildman–Crippen MR) is 135 cm³/mol. The number of unbranched alkanes of at least 4 members (excludes halogenated alkanes) is 2. The quantitative estimate of drug-likeness (QED) is 0.319. The largest absolute Gasteiger partial charge is 0.497 e. The van der Waals surface area contributed by atoms with Crippen molar-refractivity contribution in [1.82, 2.24) is 14.5 Å². The molecule has 9 nitrogen and oxygen atoms in total.